The minimum Gasteiger partial charge on any atom is -0.490 e. The molecule has 1 aliphatic heterocycles. The van der Waals surface area contributed by atoms with Crippen molar-refractivity contribution in [1.29, 1.82) is 0 Å². The lowest BCUT2D eigenvalue weighted by atomic mass is 9.95. The summed E-state index contributed by atoms with van der Waals surface area (Å²) in [5.74, 6) is 1.59. The van der Waals surface area contributed by atoms with Crippen LogP contribution in [0.2, 0.25) is 10.0 Å². The summed E-state index contributed by atoms with van der Waals surface area (Å²) in [6.45, 7) is 5.43. The number of carbonyl (C=O) groups is 1. The van der Waals surface area contributed by atoms with Crippen LogP contribution in [0.4, 0.5) is 0 Å². The SMILES string of the molecule is CC(C)C(NC(=O)Cc1ccc(Cl)cc1Cl)c1ccc2c(c1)OCCCO2. The molecule has 27 heavy (non-hydrogen) atoms. The molecule has 1 aliphatic rings. The number of ether oxygens (including phenoxy) is 2. The lowest BCUT2D eigenvalue weighted by molar-refractivity contribution is -0.121. The maximum atomic E-state index is 12.6. The van der Waals surface area contributed by atoms with Crippen molar-refractivity contribution < 1.29 is 14.3 Å². The standard InChI is InChI=1S/C21H23Cl2NO3/c1-13(2)21(15-5-7-18-19(10-15)27-9-3-8-26-18)24-20(25)11-14-4-6-16(22)12-17(14)23/h4-7,10,12-13,21H,3,8-9,11H2,1-2H3,(H,24,25). The summed E-state index contributed by atoms with van der Waals surface area (Å²) in [5.41, 5.74) is 1.74. The van der Waals surface area contributed by atoms with Gasteiger partial charge in [0.1, 0.15) is 0 Å². The second kappa shape index (κ2) is 8.85. The molecule has 1 N–H and O–H groups in total. The van der Waals surface area contributed by atoms with Crippen LogP contribution >= 0.6 is 23.2 Å². The van der Waals surface area contributed by atoms with E-state index in [1.165, 1.54) is 0 Å². The van der Waals surface area contributed by atoms with Gasteiger partial charge in [-0.3, -0.25) is 4.79 Å². The quantitative estimate of drug-likeness (QED) is 0.739. The zero-order valence-electron chi connectivity index (χ0n) is 15.4. The summed E-state index contributed by atoms with van der Waals surface area (Å²) in [6.07, 6.45) is 1.06. The number of carbonyl (C=O) groups excluding carboxylic acids is 1. The van der Waals surface area contributed by atoms with E-state index in [0.29, 0.717) is 23.3 Å². The van der Waals surface area contributed by atoms with E-state index in [1.54, 1.807) is 18.2 Å². The Hall–Kier alpha value is -1.91. The number of benzene rings is 2. The third-order valence-corrected chi connectivity index (χ3v) is 5.07. The van der Waals surface area contributed by atoms with Crippen molar-refractivity contribution in [3.8, 4) is 11.5 Å². The van der Waals surface area contributed by atoms with Crippen molar-refractivity contribution in [2.24, 2.45) is 5.92 Å². The number of rotatable bonds is 5. The van der Waals surface area contributed by atoms with Gasteiger partial charge in [0, 0.05) is 16.5 Å². The Kier molecular flexibility index (Phi) is 6.51. The lowest BCUT2D eigenvalue weighted by Gasteiger charge is -2.24. The molecular weight excluding hydrogens is 385 g/mol. The van der Waals surface area contributed by atoms with Crippen LogP contribution in [-0.2, 0) is 11.2 Å². The van der Waals surface area contributed by atoms with Crippen molar-refractivity contribution >= 4 is 29.1 Å². The second-order valence-electron chi connectivity index (χ2n) is 6.96. The molecular formula is C21H23Cl2NO3. The van der Waals surface area contributed by atoms with Gasteiger partial charge in [-0.05, 0) is 41.3 Å². The van der Waals surface area contributed by atoms with Gasteiger partial charge in [-0.1, -0.05) is 49.2 Å². The van der Waals surface area contributed by atoms with Crippen LogP contribution in [0, 0.1) is 5.92 Å². The molecule has 1 unspecified atom stereocenters. The normalized spacial score (nSPS) is 14.6. The molecule has 0 aliphatic carbocycles. The van der Waals surface area contributed by atoms with E-state index in [4.69, 9.17) is 32.7 Å². The summed E-state index contributed by atoms with van der Waals surface area (Å²) < 4.78 is 11.5. The number of fused-ring (bicyclic) bond motifs is 1. The van der Waals surface area contributed by atoms with Gasteiger partial charge < -0.3 is 14.8 Å². The van der Waals surface area contributed by atoms with Gasteiger partial charge in [0.15, 0.2) is 11.5 Å². The molecule has 0 bridgehead atoms. The fraction of sp³-hybridized carbons (Fsp3) is 0.381. The van der Waals surface area contributed by atoms with Crippen molar-refractivity contribution in [3.63, 3.8) is 0 Å². The maximum Gasteiger partial charge on any atom is 0.224 e. The van der Waals surface area contributed by atoms with E-state index in [1.807, 2.05) is 18.2 Å². The number of nitrogens with one attached hydrogen (secondary N) is 1. The minimum absolute atomic E-state index is 0.0926. The predicted molar refractivity (Wildman–Crippen MR) is 108 cm³/mol. The lowest BCUT2D eigenvalue weighted by Crippen LogP contribution is -2.33. The first kappa shape index (κ1) is 19.8. The first-order valence-corrected chi connectivity index (χ1v) is 9.82. The van der Waals surface area contributed by atoms with Crippen LogP contribution in [0.1, 0.15) is 37.4 Å². The van der Waals surface area contributed by atoms with E-state index in [9.17, 15) is 4.79 Å². The third kappa shape index (κ3) is 5.08. The highest BCUT2D eigenvalue weighted by molar-refractivity contribution is 6.35. The van der Waals surface area contributed by atoms with Crippen LogP contribution in [0.25, 0.3) is 0 Å². The Labute approximate surface area is 169 Å². The average molecular weight is 408 g/mol. The second-order valence-corrected chi connectivity index (χ2v) is 7.80. The zero-order valence-corrected chi connectivity index (χ0v) is 16.9. The van der Waals surface area contributed by atoms with Gasteiger partial charge in [-0.2, -0.15) is 0 Å². The summed E-state index contributed by atoms with van der Waals surface area (Å²) in [5, 5.41) is 4.17. The van der Waals surface area contributed by atoms with Crippen LogP contribution in [0.3, 0.4) is 0 Å². The number of halogens is 2. The molecule has 6 heteroatoms. The summed E-state index contributed by atoms with van der Waals surface area (Å²) >= 11 is 12.1. The number of hydrogen-bond donors (Lipinski definition) is 1. The van der Waals surface area contributed by atoms with Gasteiger partial charge in [0.25, 0.3) is 0 Å². The van der Waals surface area contributed by atoms with Crippen LogP contribution in [0.15, 0.2) is 36.4 Å². The highest BCUT2D eigenvalue weighted by Crippen LogP contribution is 2.34. The molecule has 0 spiro atoms. The van der Waals surface area contributed by atoms with Crippen molar-refractivity contribution in [1.82, 2.24) is 5.32 Å². The Bertz CT molecular complexity index is 823. The maximum absolute atomic E-state index is 12.6. The number of hydrogen-bond acceptors (Lipinski definition) is 3. The van der Waals surface area contributed by atoms with Crippen LogP contribution in [0.5, 0.6) is 11.5 Å². The Morgan fingerprint density at radius 3 is 2.52 bits per heavy atom. The highest BCUT2D eigenvalue weighted by Gasteiger charge is 2.21. The first-order chi connectivity index (χ1) is 12.9. The van der Waals surface area contributed by atoms with Crippen LogP contribution in [-0.4, -0.2) is 19.1 Å². The number of amides is 1. The van der Waals surface area contributed by atoms with Gasteiger partial charge in [-0.15, -0.1) is 0 Å². The first-order valence-electron chi connectivity index (χ1n) is 9.07. The Balaban J connectivity index is 1.75. The molecule has 0 saturated heterocycles. The van der Waals surface area contributed by atoms with E-state index >= 15 is 0 Å². The monoisotopic (exact) mass is 407 g/mol. The molecule has 0 saturated carbocycles. The van der Waals surface area contributed by atoms with Crippen molar-refractivity contribution in [3.05, 3.63) is 57.6 Å². The van der Waals surface area contributed by atoms with Gasteiger partial charge >= 0.3 is 0 Å². The molecule has 4 nitrogen and oxygen atoms in total. The van der Waals surface area contributed by atoms with Crippen molar-refractivity contribution in [2.75, 3.05) is 13.2 Å². The molecule has 1 atom stereocenters. The third-order valence-electron chi connectivity index (χ3n) is 4.48. The van der Waals surface area contributed by atoms with Gasteiger partial charge in [0.2, 0.25) is 5.91 Å². The van der Waals surface area contributed by atoms with E-state index in [-0.39, 0.29) is 24.3 Å². The summed E-state index contributed by atoms with van der Waals surface area (Å²) in [6, 6.07) is 10.9. The fourth-order valence-electron chi connectivity index (χ4n) is 3.07. The molecule has 3 rings (SSSR count). The molecule has 0 aromatic heterocycles. The largest absolute Gasteiger partial charge is 0.490 e. The minimum atomic E-state index is -0.138. The van der Waals surface area contributed by atoms with Crippen LogP contribution < -0.4 is 14.8 Å². The predicted octanol–water partition coefficient (Wildman–Crippen LogP) is 5.21. The average Bonchev–Trinajstić information content (AvgIpc) is 2.86. The van der Waals surface area contributed by atoms with Gasteiger partial charge in [0.05, 0.1) is 25.7 Å². The summed E-state index contributed by atoms with van der Waals surface area (Å²) in [7, 11) is 0. The Morgan fingerprint density at radius 1 is 1.07 bits per heavy atom. The molecule has 2 aromatic rings. The highest BCUT2D eigenvalue weighted by atomic mass is 35.5. The Morgan fingerprint density at radius 2 is 1.81 bits per heavy atom. The smallest absolute Gasteiger partial charge is 0.224 e. The topological polar surface area (TPSA) is 47.6 Å². The molecule has 1 amide bonds. The van der Waals surface area contributed by atoms with E-state index in [2.05, 4.69) is 19.2 Å². The van der Waals surface area contributed by atoms with Gasteiger partial charge in [-0.25, -0.2) is 0 Å². The fourth-order valence-corrected chi connectivity index (χ4v) is 3.55. The molecule has 2 aromatic carbocycles. The molecule has 0 radical (unpaired) electrons. The summed E-state index contributed by atoms with van der Waals surface area (Å²) in [4.78, 5) is 12.6. The van der Waals surface area contributed by atoms with E-state index in [0.717, 1.165) is 29.0 Å². The van der Waals surface area contributed by atoms with Crippen molar-refractivity contribution in [2.45, 2.75) is 32.7 Å². The molecule has 144 valence electrons. The molecule has 0 fully saturated rings. The zero-order chi connectivity index (χ0) is 19.4. The molecule has 1 heterocycles. The van der Waals surface area contributed by atoms with E-state index < -0.39 is 0 Å².